The third kappa shape index (κ3) is 3.18. The van der Waals surface area contributed by atoms with Crippen LogP contribution in [0.2, 0.25) is 0 Å². The molecule has 0 aliphatic carbocycles. The number of halogens is 2. The van der Waals surface area contributed by atoms with E-state index in [2.05, 4.69) is 27.3 Å². The zero-order valence-electron chi connectivity index (χ0n) is 11.9. The summed E-state index contributed by atoms with van der Waals surface area (Å²) in [6.45, 7) is 1.83. The number of methoxy groups -OCH3 is 2. The van der Waals surface area contributed by atoms with Crippen LogP contribution in [-0.4, -0.2) is 20.2 Å². The largest absolute Gasteiger partial charge is 0.496 e. The van der Waals surface area contributed by atoms with Crippen LogP contribution in [0.1, 0.15) is 15.9 Å². The molecule has 0 saturated carbocycles. The lowest BCUT2D eigenvalue weighted by Gasteiger charge is -2.11. The van der Waals surface area contributed by atoms with Gasteiger partial charge in [0.05, 0.1) is 23.4 Å². The van der Waals surface area contributed by atoms with Crippen molar-refractivity contribution in [3.8, 4) is 16.9 Å². The molecular formula is C16H14FIO3. The lowest BCUT2D eigenvalue weighted by atomic mass is 9.98. The summed E-state index contributed by atoms with van der Waals surface area (Å²) in [4.78, 5) is 11.5. The fraction of sp³-hybridized carbons (Fsp3) is 0.188. The van der Waals surface area contributed by atoms with Crippen LogP contribution in [0.25, 0.3) is 11.1 Å². The van der Waals surface area contributed by atoms with Crippen molar-refractivity contribution < 1.29 is 18.7 Å². The summed E-state index contributed by atoms with van der Waals surface area (Å²) in [5.41, 5.74) is 2.47. The summed E-state index contributed by atoms with van der Waals surface area (Å²) >= 11 is 2.10. The fourth-order valence-electron chi connectivity index (χ4n) is 2.10. The Morgan fingerprint density at radius 3 is 2.43 bits per heavy atom. The van der Waals surface area contributed by atoms with Gasteiger partial charge in [-0.15, -0.1) is 0 Å². The molecule has 0 amide bonds. The highest BCUT2D eigenvalue weighted by Gasteiger charge is 2.14. The smallest absolute Gasteiger partial charge is 0.337 e. The monoisotopic (exact) mass is 400 g/mol. The van der Waals surface area contributed by atoms with Gasteiger partial charge in [0.1, 0.15) is 11.6 Å². The number of esters is 1. The molecule has 0 atom stereocenters. The molecule has 0 aromatic heterocycles. The number of carbonyl (C=O) groups is 1. The van der Waals surface area contributed by atoms with Gasteiger partial charge in [0.2, 0.25) is 0 Å². The third-order valence-corrected chi connectivity index (χ3v) is 4.02. The highest BCUT2D eigenvalue weighted by atomic mass is 127. The van der Waals surface area contributed by atoms with Crippen molar-refractivity contribution in [2.75, 3.05) is 14.2 Å². The minimum Gasteiger partial charge on any atom is -0.496 e. The van der Waals surface area contributed by atoms with Crippen molar-refractivity contribution in [2.24, 2.45) is 0 Å². The quantitative estimate of drug-likeness (QED) is 0.573. The molecule has 0 aliphatic rings. The summed E-state index contributed by atoms with van der Waals surface area (Å²) in [5.74, 6) is -0.267. The first kappa shape index (κ1) is 15.8. The molecule has 21 heavy (non-hydrogen) atoms. The summed E-state index contributed by atoms with van der Waals surface area (Å²) in [6.07, 6.45) is 0. The van der Waals surface area contributed by atoms with Crippen molar-refractivity contribution in [3.63, 3.8) is 0 Å². The molecule has 0 unspecified atom stereocenters. The lowest BCUT2D eigenvalue weighted by Crippen LogP contribution is -2.02. The van der Waals surface area contributed by atoms with E-state index in [-0.39, 0.29) is 5.82 Å². The van der Waals surface area contributed by atoms with Gasteiger partial charge in [0, 0.05) is 11.6 Å². The van der Waals surface area contributed by atoms with Gasteiger partial charge in [-0.25, -0.2) is 9.18 Å². The van der Waals surface area contributed by atoms with E-state index >= 15 is 0 Å². The van der Waals surface area contributed by atoms with E-state index in [0.717, 1.165) is 14.7 Å². The van der Waals surface area contributed by atoms with E-state index in [4.69, 9.17) is 4.74 Å². The maximum Gasteiger partial charge on any atom is 0.337 e. The first-order valence-electron chi connectivity index (χ1n) is 6.20. The summed E-state index contributed by atoms with van der Waals surface area (Å²) < 4.78 is 24.8. The molecule has 2 rings (SSSR count). The Kier molecular flexibility index (Phi) is 4.82. The van der Waals surface area contributed by atoms with Crippen molar-refractivity contribution in [1.82, 2.24) is 0 Å². The van der Waals surface area contributed by atoms with Crippen LogP contribution < -0.4 is 4.74 Å². The SMILES string of the molecule is COC(=O)c1ccc(-c2cc(I)c(OC)cc2F)c(C)c1. The molecule has 3 nitrogen and oxygen atoms in total. The minimum absolute atomic E-state index is 0.360. The van der Waals surface area contributed by atoms with Gasteiger partial charge in [-0.3, -0.25) is 0 Å². The number of hydrogen-bond donors (Lipinski definition) is 0. The maximum atomic E-state index is 14.2. The molecule has 0 radical (unpaired) electrons. The topological polar surface area (TPSA) is 35.5 Å². The molecular weight excluding hydrogens is 386 g/mol. The molecule has 0 spiro atoms. The van der Waals surface area contributed by atoms with Gasteiger partial charge in [0.15, 0.2) is 0 Å². The number of aryl methyl sites for hydroxylation is 1. The second kappa shape index (κ2) is 6.43. The second-order valence-electron chi connectivity index (χ2n) is 4.49. The second-order valence-corrected chi connectivity index (χ2v) is 5.65. The van der Waals surface area contributed by atoms with Crippen LogP contribution in [0.3, 0.4) is 0 Å². The zero-order chi connectivity index (χ0) is 15.6. The molecule has 0 fully saturated rings. The van der Waals surface area contributed by atoms with Gasteiger partial charge in [-0.2, -0.15) is 0 Å². The molecule has 0 N–H and O–H groups in total. The standard InChI is InChI=1S/C16H14FIO3/c1-9-6-10(16(19)21-3)4-5-11(9)12-7-14(18)15(20-2)8-13(12)17/h4-8H,1-3H3. The summed E-state index contributed by atoms with van der Waals surface area (Å²) in [6, 6.07) is 8.14. The van der Waals surface area contributed by atoms with Crippen LogP contribution in [0.4, 0.5) is 4.39 Å². The van der Waals surface area contributed by atoms with E-state index in [1.807, 2.05) is 6.92 Å². The Balaban J connectivity index is 2.52. The molecule has 5 heteroatoms. The first-order valence-corrected chi connectivity index (χ1v) is 7.28. The van der Waals surface area contributed by atoms with Gasteiger partial charge < -0.3 is 9.47 Å². The van der Waals surface area contributed by atoms with Crippen LogP contribution in [0.15, 0.2) is 30.3 Å². The molecule has 0 bridgehead atoms. The van der Waals surface area contributed by atoms with Gasteiger partial charge in [0.25, 0.3) is 0 Å². The van der Waals surface area contributed by atoms with Gasteiger partial charge in [-0.1, -0.05) is 6.07 Å². The third-order valence-electron chi connectivity index (χ3n) is 3.18. The molecule has 110 valence electrons. The predicted molar refractivity (Wildman–Crippen MR) is 87.2 cm³/mol. The van der Waals surface area contributed by atoms with Crippen LogP contribution in [0.5, 0.6) is 5.75 Å². The molecule has 2 aromatic rings. The molecule has 0 aliphatic heterocycles. The van der Waals surface area contributed by atoms with Crippen LogP contribution in [0, 0.1) is 16.3 Å². The molecule has 2 aromatic carbocycles. The number of carbonyl (C=O) groups excluding carboxylic acids is 1. The Labute approximate surface area is 136 Å². The van der Waals surface area contributed by atoms with Gasteiger partial charge >= 0.3 is 5.97 Å². The Hall–Kier alpha value is -1.63. The number of hydrogen-bond acceptors (Lipinski definition) is 3. The zero-order valence-corrected chi connectivity index (χ0v) is 14.0. The number of ether oxygens (including phenoxy) is 2. The van der Waals surface area contributed by atoms with Crippen molar-refractivity contribution in [2.45, 2.75) is 6.92 Å². The summed E-state index contributed by atoms with van der Waals surface area (Å²) in [5, 5.41) is 0. The van der Waals surface area contributed by atoms with Crippen LogP contribution in [-0.2, 0) is 4.74 Å². The minimum atomic E-state index is -0.408. The fourth-order valence-corrected chi connectivity index (χ4v) is 2.79. The van der Waals surface area contributed by atoms with E-state index in [0.29, 0.717) is 16.9 Å². The van der Waals surface area contributed by atoms with E-state index in [9.17, 15) is 9.18 Å². The predicted octanol–water partition coefficient (Wildman–Crippen LogP) is 4.20. The Bertz CT molecular complexity index is 698. The van der Waals surface area contributed by atoms with E-state index in [1.165, 1.54) is 20.3 Å². The average Bonchev–Trinajstić information content (AvgIpc) is 2.48. The Morgan fingerprint density at radius 2 is 1.86 bits per heavy atom. The van der Waals surface area contributed by atoms with Crippen molar-refractivity contribution in [1.29, 1.82) is 0 Å². The summed E-state index contributed by atoms with van der Waals surface area (Å²) in [7, 11) is 2.84. The van der Waals surface area contributed by atoms with Gasteiger partial charge in [-0.05, 0) is 58.8 Å². The normalized spacial score (nSPS) is 10.3. The number of rotatable bonds is 3. The average molecular weight is 400 g/mol. The number of benzene rings is 2. The lowest BCUT2D eigenvalue weighted by molar-refractivity contribution is 0.0600. The van der Waals surface area contributed by atoms with Crippen molar-refractivity contribution >= 4 is 28.6 Å². The maximum absolute atomic E-state index is 14.2. The molecule has 0 saturated heterocycles. The first-order chi connectivity index (χ1) is 9.97. The highest BCUT2D eigenvalue weighted by molar-refractivity contribution is 14.1. The van der Waals surface area contributed by atoms with Crippen LogP contribution >= 0.6 is 22.6 Å². The van der Waals surface area contributed by atoms with E-state index in [1.54, 1.807) is 24.3 Å². The highest BCUT2D eigenvalue weighted by Crippen LogP contribution is 2.32. The Morgan fingerprint density at radius 1 is 1.14 bits per heavy atom. The van der Waals surface area contributed by atoms with Crippen molar-refractivity contribution in [3.05, 3.63) is 50.8 Å². The van der Waals surface area contributed by atoms with E-state index < -0.39 is 5.97 Å². The molecule has 0 heterocycles.